The van der Waals surface area contributed by atoms with Crippen LogP contribution in [0, 0.1) is 0 Å². The first-order chi connectivity index (χ1) is 24.8. The van der Waals surface area contributed by atoms with E-state index < -0.39 is 0 Å². The fraction of sp³-hybridized carbons (Fsp3) is 0. The largest absolute Gasteiger partial charge is 0.453 e. The van der Waals surface area contributed by atoms with Crippen molar-refractivity contribution in [2.24, 2.45) is 0 Å². The SMILES string of the molecule is c1ccc2cc(N(c3ccc(-n4c5ccccc5c5c6ccccc6sc54)cc3)c3cccc4c3oc3c5ccccc5ccc43)ccc2c1. The summed E-state index contributed by atoms with van der Waals surface area (Å²) in [4.78, 5) is 3.61. The van der Waals surface area contributed by atoms with E-state index in [-0.39, 0.29) is 0 Å². The molecule has 3 nitrogen and oxygen atoms in total. The molecule has 11 rings (SSSR count). The van der Waals surface area contributed by atoms with Crippen LogP contribution in [0.3, 0.4) is 0 Å². The summed E-state index contributed by atoms with van der Waals surface area (Å²) in [5, 5.41) is 10.9. The number of fused-ring (bicyclic) bond motifs is 11. The van der Waals surface area contributed by atoms with E-state index in [9.17, 15) is 0 Å². The number of benzene rings is 8. The smallest absolute Gasteiger partial charge is 0.159 e. The van der Waals surface area contributed by atoms with Gasteiger partial charge in [0.25, 0.3) is 0 Å². The van der Waals surface area contributed by atoms with Crippen LogP contribution in [0.25, 0.3) is 80.4 Å². The summed E-state index contributed by atoms with van der Waals surface area (Å²) in [5.41, 5.74) is 7.30. The average Bonchev–Trinajstić information content (AvgIpc) is 3.85. The van der Waals surface area contributed by atoms with Gasteiger partial charge >= 0.3 is 0 Å². The zero-order valence-electron chi connectivity index (χ0n) is 26.9. The number of thiophene rings is 1. The molecule has 0 radical (unpaired) electrons. The lowest BCUT2D eigenvalue weighted by Gasteiger charge is -2.26. The van der Waals surface area contributed by atoms with Crippen molar-refractivity contribution in [3.63, 3.8) is 0 Å². The van der Waals surface area contributed by atoms with E-state index in [1.807, 2.05) is 11.3 Å². The maximum absolute atomic E-state index is 6.87. The Balaban J connectivity index is 1.14. The number of rotatable bonds is 4. The average molecular weight is 657 g/mol. The van der Waals surface area contributed by atoms with Crippen LogP contribution in [0.15, 0.2) is 174 Å². The highest BCUT2D eigenvalue weighted by Crippen LogP contribution is 2.45. The number of para-hydroxylation sites is 2. The van der Waals surface area contributed by atoms with Gasteiger partial charge in [-0.1, -0.05) is 109 Å². The van der Waals surface area contributed by atoms with E-state index in [4.69, 9.17) is 4.42 Å². The summed E-state index contributed by atoms with van der Waals surface area (Å²) in [6, 6.07) is 61.1. The molecule has 3 heterocycles. The zero-order chi connectivity index (χ0) is 32.8. The second-order valence-electron chi connectivity index (χ2n) is 12.9. The summed E-state index contributed by atoms with van der Waals surface area (Å²) < 4.78 is 10.6. The quantitative estimate of drug-likeness (QED) is 0.188. The molecule has 0 aliphatic heterocycles. The normalized spacial score (nSPS) is 12.0. The first kappa shape index (κ1) is 27.6. The molecule has 50 heavy (non-hydrogen) atoms. The van der Waals surface area contributed by atoms with Crippen molar-refractivity contribution in [2.75, 3.05) is 4.90 Å². The number of aromatic nitrogens is 1. The van der Waals surface area contributed by atoms with E-state index in [1.54, 1.807) is 0 Å². The fourth-order valence-corrected chi connectivity index (χ4v) is 9.13. The highest BCUT2D eigenvalue weighted by Gasteiger charge is 2.22. The van der Waals surface area contributed by atoms with Gasteiger partial charge in [-0.05, 0) is 76.8 Å². The number of anilines is 3. The number of hydrogen-bond acceptors (Lipinski definition) is 3. The molecule has 3 aromatic heterocycles. The summed E-state index contributed by atoms with van der Waals surface area (Å²) in [6.45, 7) is 0. The minimum Gasteiger partial charge on any atom is -0.453 e. The molecule has 0 aliphatic rings. The monoisotopic (exact) mass is 656 g/mol. The molecule has 11 aromatic rings. The van der Waals surface area contributed by atoms with Crippen LogP contribution in [0.2, 0.25) is 0 Å². The van der Waals surface area contributed by atoms with Gasteiger partial charge < -0.3 is 13.9 Å². The van der Waals surface area contributed by atoms with Crippen molar-refractivity contribution < 1.29 is 4.42 Å². The predicted molar refractivity (Wildman–Crippen MR) is 213 cm³/mol. The zero-order valence-corrected chi connectivity index (χ0v) is 27.7. The Morgan fingerprint density at radius 1 is 0.460 bits per heavy atom. The van der Waals surface area contributed by atoms with Crippen LogP contribution >= 0.6 is 11.3 Å². The van der Waals surface area contributed by atoms with Gasteiger partial charge in [0.1, 0.15) is 10.4 Å². The van der Waals surface area contributed by atoms with Crippen molar-refractivity contribution >= 4 is 103 Å². The Morgan fingerprint density at radius 2 is 1.12 bits per heavy atom. The number of furan rings is 1. The first-order valence-corrected chi connectivity index (χ1v) is 17.7. The Bertz CT molecular complexity index is 3110. The predicted octanol–water partition coefficient (Wildman–Crippen LogP) is 13.7. The molecular formula is C46H28N2OS. The number of hydrogen-bond donors (Lipinski definition) is 0. The Labute approximate surface area is 291 Å². The van der Waals surface area contributed by atoms with Gasteiger partial charge in [-0.15, -0.1) is 11.3 Å². The van der Waals surface area contributed by atoms with Crippen LogP contribution < -0.4 is 4.90 Å². The van der Waals surface area contributed by atoms with Gasteiger partial charge in [0.05, 0.1) is 11.2 Å². The van der Waals surface area contributed by atoms with E-state index in [2.05, 4.69) is 179 Å². The fourth-order valence-electron chi connectivity index (χ4n) is 7.88. The third-order valence-electron chi connectivity index (χ3n) is 10.2. The maximum Gasteiger partial charge on any atom is 0.159 e. The van der Waals surface area contributed by atoms with Crippen molar-refractivity contribution in [1.29, 1.82) is 0 Å². The van der Waals surface area contributed by atoms with Crippen molar-refractivity contribution in [3.8, 4) is 5.69 Å². The first-order valence-electron chi connectivity index (χ1n) is 16.9. The Morgan fingerprint density at radius 3 is 2.00 bits per heavy atom. The molecule has 0 saturated heterocycles. The molecule has 0 amide bonds. The van der Waals surface area contributed by atoms with Gasteiger partial charge in [-0.2, -0.15) is 0 Å². The lowest BCUT2D eigenvalue weighted by atomic mass is 10.0. The van der Waals surface area contributed by atoms with Crippen LogP contribution in [0.4, 0.5) is 17.1 Å². The van der Waals surface area contributed by atoms with Gasteiger partial charge in [0.15, 0.2) is 5.58 Å². The van der Waals surface area contributed by atoms with Gasteiger partial charge in [0, 0.05) is 54.1 Å². The summed E-state index contributed by atoms with van der Waals surface area (Å²) >= 11 is 1.86. The third kappa shape index (κ3) is 3.97. The van der Waals surface area contributed by atoms with E-state index in [1.165, 1.54) is 47.4 Å². The van der Waals surface area contributed by atoms with Gasteiger partial charge in [-0.25, -0.2) is 0 Å². The van der Waals surface area contributed by atoms with Crippen LogP contribution in [-0.2, 0) is 0 Å². The maximum atomic E-state index is 6.87. The Hall–Kier alpha value is -6.36. The highest BCUT2D eigenvalue weighted by atomic mass is 32.1. The van der Waals surface area contributed by atoms with Gasteiger partial charge in [0.2, 0.25) is 0 Å². The third-order valence-corrected chi connectivity index (χ3v) is 11.3. The lowest BCUT2D eigenvalue weighted by molar-refractivity contribution is 0.673. The van der Waals surface area contributed by atoms with Crippen LogP contribution in [-0.4, -0.2) is 4.57 Å². The van der Waals surface area contributed by atoms with Crippen LogP contribution in [0.5, 0.6) is 0 Å². The molecule has 0 N–H and O–H groups in total. The second kappa shape index (κ2) is 10.6. The molecule has 234 valence electrons. The molecule has 4 heteroatoms. The lowest BCUT2D eigenvalue weighted by Crippen LogP contribution is -2.10. The highest BCUT2D eigenvalue weighted by molar-refractivity contribution is 7.25. The van der Waals surface area contributed by atoms with E-state index in [0.29, 0.717) is 0 Å². The minimum atomic E-state index is 0.875. The standard InChI is InChI=1S/C46H28N2OS/c1-2-12-31-28-34(22-20-29(31)10-1)47(41-18-9-16-36-37-27-21-30-11-3-4-13-35(30)44(37)49-45(36)41)32-23-25-33(26-24-32)48-40-17-7-5-14-38(40)43-39-15-6-8-19-42(39)50-46(43)48/h1-28H. The molecule has 8 aromatic carbocycles. The molecule has 0 saturated carbocycles. The number of nitrogens with zero attached hydrogens (tertiary/aromatic N) is 2. The molecule has 0 unspecified atom stereocenters. The van der Waals surface area contributed by atoms with Gasteiger partial charge in [-0.3, -0.25) is 0 Å². The molecule has 0 fully saturated rings. The van der Waals surface area contributed by atoms with E-state index >= 15 is 0 Å². The molecule has 0 spiro atoms. The van der Waals surface area contributed by atoms with Crippen molar-refractivity contribution in [1.82, 2.24) is 4.57 Å². The Kier molecular flexibility index (Phi) is 5.83. The molecule has 0 atom stereocenters. The molecular weight excluding hydrogens is 629 g/mol. The van der Waals surface area contributed by atoms with E-state index in [0.717, 1.165) is 50.1 Å². The minimum absolute atomic E-state index is 0.875. The molecule has 0 bridgehead atoms. The second-order valence-corrected chi connectivity index (χ2v) is 14.0. The molecule has 0 aliphatic carbocycles. The van der Waals surface area contributed by atoms with Crippen molar-refractivity contribution in [2.45, 2.75) is 0 Å². The summed E-state index contributed by atoms with van der Waals surface area (Å²) in [6.07, 6.45) is 0. The van der Waals surface area contributed by atoms with Crippen molar-refractivity contribution in [3.05, 3.63) is 170 Å². The topological polar surface area (TPSA) is 21.3 Å². The van der Waals surface area contributed by atoms with Crippen LogP contribution in [0.1, 0.15) is 0 Å². The summed E-state index contributed by atoms with van der Waals surface area (Å²) in [7, 11) is 0. The summed E-state index contributed by atoms with van der Waals surface area (Å²) in [5.74, 6) is 0.